The van der Waals surface area contributed by atoms with Crippen molar-refractivity contribution < 1.29 is 19.4 Å². The highest BCUT2D eigenvalue weighted by molar-refractivity contribution is 5.69. The molecule has 0 amide bonds. The van der Waals surface area contributed by atoms with Gasteiger partial charge >= 0.3 is 11.9 Å². The van der Waals surface area contributed by atoms with Crippen LogP contribution >= 0.6 is 0 Å². The number of carboxylic acids is 1. The van der Waals surface area contributed by atoms with E-state index in [1.807, 2.05) is 13.8 Å². The Labute approximate surface area is 252 Å². The van der Waals surface area contributed by atoms with Crippen molar-refractivity contribution in [2.24, 2.45) is 0 Å². The Bertz CT molecular complexity index is 477. The first-order chi connectivity index (χ1) is 19.5. The summed E-state index contributed by atoms with van der Waals surface area (Å²) in [5.41, 5.74) is 0. The van der Waals surface area contributed by atoms with Gasteiger partial charge in [-0.15, -0.1) is 0 Å². The average molecular weight is 571 g/mol. The summed E-state index contributed by atoms with van der Waals surface area (Å²) in [6, 6.07) is 0. The van der Waals surface area contributed by atoms with Crippen molar-refractivity contribution in [3.05, 3.63) is 0 Å². The Kier molecular flexibility index (Phi) is 43.5. The molecule has 0 spiro atoms. The molecule has 242 valence electrons. The second-order valence-corrected chi connectivity index (χ2v) is 11.3. The molecule has 0 heterocycles. The first kappa shape index (κ1) is 43.4. The highest BCUT2D eigenvalue weighted by Crippen LogP contribution is 2.14. The van der Waals surface area contributed by atoms with Gasteiger partial charge < -0.3 is 9.84 Å². The maximum atomic E-state index is 11.7. The van der Waals surface area contributed by atoms with Gasteiger partial charge in [-0.05, 0) is 25.7 Å². The van der Waals surface area contributed by atoms with E-state index in [2.05, 4.69) is 27.7 Å². The molecule has 1 atom stereocenters. The summed E-state index contributed by atoms with van der Waals surface area (Å²) in [4.78, 5) is 22.0. The van der Waals surface area contributed by atoms with Gasteiger partial charge in [-0.2, -0.15) is 0 Å². The largest absolute Gasteiger partial charge is 0.481 e. The molecule has 0 aliphatic carbocycles. The van der Waals surface area contributed by atoms with Crippen LogP contribution in [0.15, 0.2) is 0 Å². The number of rotatable bonds is 28. The van der Waals surface area contributed by atoms with Crippen molar-refractivity contribution in [2.45, 2.75) is 221 Å². The number of esters is 1. The fraction of sp³-hybridized carbons (Fsp3) is 0.944. The number of carbonyl (C=O) groups excluding carboxylic acids is 1. The Morgan fingerprint density at radius 3 is 1.12 bits per heavy atom. The molecule has 0 saturated carbocycles. The predicted octanol–water partition coefficient (Wildman–Crippen LogP) is 12.6. The van der Waals surface area contributed by atoms with E-state index in [1.165, 1.54) is 122 Å². The second kappa shape index (κ2) is 40.1. The molecule has 4 nitrogen and oxygen atoms in total. The average Bonchev–Trinajstić information content (AvgIpc) is 2.95. The summed E-state index contributed by atoms with van der Waals surface area (Å²) >= 11 is 0. The SMILES string of the molecule is CC.CCCCCCCCCCCCCC(=O)O.CCCCCCCCCCCCCC(=O)O[C@@H](CC)CCC. The van der Waals surface area contributed by atoms with Crippen LogP contribution in [-0.2, 0) is 14.3 Å². The third-order valence-corrected chi connectivity index (χ3v) is 7.34. The quantitative estimate of drug-likeness (QED) is 0.0750. The monoisotopic (exact) mass is 571 g/mol. The van der Waals surface area contributed by atoms with Gasteiger partial charge in [-0.3, -0.25) is 9.59 Å². The number of unbranched alkanes of at least 4 members (excludes halogenated alkanes) is 20. The van der Waals surface area contributed by atoms with Crippen LogP contribution in [0.4, 0.5) is 0 Å². The number of carbonyl (C=O) groups is 2. The highest BCUT2D eigenvalue weighted by atomic mass is 16.5. The van der Waals surface area contributed by atoms with Crippen LogP contribution in [0, 0.1) is 0 Å². The molecule has 0 aromatic carbocycles. The summed E-state index contributed by atoms with van der Waals surface area (Å²) < 4.78 is 5.49. The molecule has 0 fully saturated rings. The lowest BCUT2D eigenvalue weighted by atomic mass is 10.1. The van der Waals surface area contributed by atoms with Gasteiger partial charge in [0.2, 0.25) is 0 Å². The molecule has 0 aliphatic rings. The van der Waals surface area contributed by atoms with Crippen molar-refractivity contribution in [2.75, 3.05) is 0 Å². The van der Waals surface area contributed by atoms with Gasteiger partial charge in [0, 0.05) is 12.8 Å². The molecule has 0 aliphatic heterocycles. The summed E-state index contributed by atoms with van der Waals surface area (Å²) in [6.45, 7) is 12.7. The molecule has 4 heteroatoms. The van der Waals surface area contributed by atoms with E-state index in [1.54, 1.807) is 0 Å². The van der Waals surface area contributed by atoms with E-state index in [0.29, 0.717) is 12.8 Å². The summed E-state index contributed by atoms with van der Waals surface area (Å²) in [5, 5.41) is 8.46. The standard InChI is InChI=1S/C20H40O2.C14H28O2.C2H6/c1-4-7-8-9-10-11-12-13-14-15-16-18-20(21)22-19(6-3)17-5-2;1-2-3-4-5-6-7-8-9-10-11-12-13-14(15)16;1-2/h19H,4-18H2,1-3H3;2-13H2,1H3,(H,15,16);1-2H3/t19-;;/m0../s1. The third-order valence-electron chi connectivity index (χ3n) is 7.34. The maximum Gasteiger partial charge on any atom is 0.306 e. The molecule has 0 saturated heterocycles. The minimum Gasteiger partial charge on any atom is -0.481 e. The Balaban J connectivity index is -0.000000673. The molecule has 1 N–H and O–H groups in total. The lowest BCUT2D eigenvalue weighted by Crippen LogP contribution is -2.16. The zero-order chi connectivity index (χ0) is 30.5. The zero-order valence-corrected chi connectivity index (χ0v) is 28.3. The van der Waals surface area contributed by atoms with E-state index in [9.17, 15) is 9.59 Å². The Hall–Kier alpha value is -1.06. The molecule has 0 aromatic heterocycles. The van der Waals surface area contributed by atoms with E-state index < -0.39 is 5.97 Å². The Morgan fingerprint density at radius 1 is 0.500 bits per heavy atom. The number of hydrogen-bond acceptors (Lipinski definition) is 3. The molecule has 0 rings (SSSR count). The minimum atomic E-state index is -0.657. The van der Waals surface area contributed by atoms with E-state index in [0.717, 1.165) is 38.5 Å². The van der Waals surface area contributed by atoms with Crippen LogP contribution in [0.25, 0.3) is 0 Å². The summed E-state index contributed by atoms with van der Waals surface area (Å²) in [5.74, 6) is -0.646. The topological polar surface area (TPSA) is 63.6 Å². The normalized spacial score (nSPS) is 11.2. The fourth-order valence-corrected chi connectivity index (χ4v) is 4.79. The molecular formula is C36H74O4. The molecule has 40 heavy (non-hydrogen) atoms. The maximum absolute atomic E-state index is 11.7. The van der Waals surface area contributed by atoms with Crippen LogP contribution in [0.3, 0.4) is 0 Å². The van der Waals surface area contributed by atoms with Crippen molar-refractivity contribution in [1.82, 2.24) is 0 Å². The smallest absolute Gasteiger partial charge is 0.306 e. The van der Waals surface area contributed by atoms with Gasteiger partial charge in [0.1, 0.15) is 6.10 Å². The number of carboxylic acid groups (broad SMARTS) is 1. The van der Waals surface area contributed by atoms with Gasteiger partial charge in [0.25, 0.3) is 0 Å². The van der Waals surface area contributed by atoms with Crippen LogP contribution < -0.4 is 0 Å². The van der Waals surface area contributed by atoms with E-state index in [4.69, 9.17) is 9.84 Å². The highest BCUT2D eigenvalue weighted by Gasteiger charge is 2.11. The predicted molar refractivity (Wildman–Crippen MR) is 176 cm³/mol. The van der Waals surface area contributed by atoms with Gasteiger partial charge in [0.05, 0.1) is 0 Å². The summed E-state index contributed by atoms with van der Waals surface area (Å²) in [6.07, 6.45) is 32.6. The summed E-state index contributed by atoms with van der Waals surface area (Å²) in [7, 11) is 0. The van der Waals surface area contributed by atoms with Gasteiger partial charge in [0.15, 0.2) is 0 Å². The Morgan fingerprint density at radius 2 is 0.825 bits per heavy atom. The first-order valence-electron chi connectivity index (χ1n) is 17.9. The van der Waals surface area contributed by atoms with Crippen LogP contribution in [-0.4, -0.2) is 23.1 Å². The fourth-order valence-electron chi connectivity index (χ4n) is 4.79. The lowest BCUT2D eigenvalue weighted by Gasteiger charge is -2.15. The van der Waals surface area contributed by atoms with Gasteiger partial charge in [-0.25, -0.2) is 0 Å². The molecule has 0 bridgehead atoms. The molecule has 0 radical (unpaired) electrons. The van der Waals surface area contributed by atoms with Crippen molar-refractivity contribution in [3.8, 4) is 0 Å². The van der Waals surface area contributed by atoms with Crippen molar-refractivity contribution in [1.29, 1.82) is 0 Å². The molecular weight excluding hydrogens is 496 g/mol. The van der Waals surface area contributed by atoms with Crippen molar-refractivity contribution in [3.63, 3.8) is 0 Å². The van der Waals surface area contributed by atoms with E-state index in [-0.39, 0.29) is 12.1 Å². The van der Waals surface area contributed by atoms with E-state index >= 15 is 0 Å². The second-order valence-electron chi connectivity index (χ2n) is 11.3. The number of hydrogen-bond donors (Lipinski definition) is 1. The third kappa shape index (κ3) is 41.4. The minimum absolute atomic E-state index is 0.0104. The molecule has 0 aromatic rings. The number of ether oxygens (including phenoxy) is 1. The van der Waals surface area contributed by atoms with Crippen molar-refractivity contribution >= 4 is 11.9 Å². The zero-order valence-electron chi connectivity index (χ0n) is 28.3. The first-order valence-corrected chi connectivity index (χ1v) is 17.9. The lowest BCUT2D eigenvalue weighted by molar-refractivity contribution is -0.149. The number of aliphatic carboxylic acids is 1. The van der Waals surface area contributed by atoms with Gasteiger partial charge in [-0.1, -0.05) is 176 Å². The van der Waals surface area contributed by atoms with Crippen LogP contribution in [0.2, 0.25) is 0 Å². The molecule has 0 unspecified atom stereocenters. The van der Waals surface area contributed by atoms with Crippen LogP contribution in [0.5, 0.6) is 0 Å². The van der Waals surface area contributed by atoms with Crippen LogP contribution in [0.1, 0.15) is 215 Å².